The molecule has 0 radical (unpaired) electrons. The van der Waals surface area contributed by atoms with Crippen molar-refractivity contribution in [2.45, 2.75) is 0 Å². The Kier molecular flexibility index (Phi) is 4.81. The lowest BCUT2D eigenvalue weighted by atomic mass is 10.2. The summed E-state index contributed by atoms with van der Waals surface area (Å²) in [6, 6.07) is 9.09. The topological polar surface area (TPSA) is 72.8 Å². The second-order valence-corrected chi connectivity index (χ2v) is 5.84. The summed E-state index contributed by atoms with van der Waals surface area (Å²) in [5, 5.41) is 3.27. The Morgan fingerprint density at radius 3 is 2.75 bits per heavy atom. The lowest BCUT2D eigenvalue weighted by Crippen LogP contribution is -2.19. The summed E-state index contributed by atoms with van der Waals surface area (Å²) < 4.78 is 10.5. The number of nitrogens with zero attached hydrogens (tertiary/aromatic N) is 2. The Morgan fingerprint density at radius 1 is 1.21 bits per heavy atom. The number of carbonyl (C=O) groups excluding carboxylic acids is 1. The zero-order valence-electron chi connectivity index (χ0n) is 13.1. The van der Waals surface area contributed by atoms with Crippen LogP contribution in [0.1, 0.15) is 5.56 Å². The van der Waals surface area contributed by atoms with Crippen LogP contribution in [-0.2, 0) is 4.79 Å². The molecule has 122 valence electrons. The van der Waals surface area contributed by atoms with E-state index in [2.05, 4.69) is 15.3 Å². The van der Waals surface area contributed by atoms with Crippen LogP contribution >= 0.6 is 11.8 Å². The number of methoxy groups -OCH3 is 2. The summed E-state index contributed by atoms with van der Waals surface area (Å²) in [6.07, 6.45) is 5.09. The zero-order valence-corrected chi connectivity index (χ0v) is 14.0. The largest absolute Gasteiger partial charge is 0.493 e. The number of aromatic nitrogens is 1. The number of hydrogen-bond donors (Lipinski definition) is 1. The van der Waals surface area contributed by atoms with Gasteiger partial charge >= 0.3 is 0 Å². The molecule has 1 saturated heterocycles. The molecular weight excluding hydrogens is 326 g/mol. The predicted molar refractivity (Wildman–Crippen MR) is 94.6 cm³/mol. The van der Waals surface area contributed by atoms with Crippen molar-refractivity contribution in [1.82, 2.24) is 10.3 Å². The summed E-state index contributed by atoms with van der Waals surface area (Å²) in [5.41, 5.74) is 1.53. The van der Waals surface area contributed by atoms with Crippen molar-refractivity contribution < 1.29 is 14.3 Å². The SMILES string of the molecule is COc1ccc(/C=C2/SC(=Nc3cccnc3)NC2=O)cc1OC. The second kappa shape index (κ2) is 7.18. The number of ether oxygens (including phenoxy) is 2. The molecule has 1 amide bonds. The van der Waals surface area contributed by atoms with Gasteiger partial charge in [-0.2, -0.15) is 0 Å². The monoisotopic (exact) mass is 341 g/mol. The lowest BCUT2D eigenvalue weighted by molar-refractivity contribution is -0.115. The van der Waals surface area contributed by atoms with Crippen LogP contribution in [0, 0.1) is 0 Å². The Hall–Kier alpha value is -2.80. The molecular formula is C17H15N3O3S. The van der Waals surface area contributed by atoms with Crippen molar-refractivity contribution in [2.75, 3.05) is 14.2 Å². The number of thioether (sulfide) groups is 1. The molecule has 1 fully saturated rings. The van der Waals surface area contributed by atoms with E-state index >= 15 is 0 Å². The summed E-state index contributed by atoms with van der Waals surface area (Å²) in [6.45, 7) is 0. The van der Waals surface area contributed by atoms with Crippen LogP contribution in [0.4, 0.5) is 5.69 Å². The summed E-state index contributed by atoms with van der Waals surface area (Å²) >= 11 is 1.28. The van der Waals surface area contributed by atoms with Gasteiger partial charge in [0.1, 0.15) is 0 Å². The number of carbonyl (C=O) groups is 1. The number of amidine groups is 1. The highest BCUT2D eigenvalue weighted by atomic mass is 32.2. The van der Waals surface area contributed by atoms with Crippen molar-refractivity contribution in [3.05, 3.63) is 53.2 Å². The number of benzene rings is 1. The smallest absolute Gasteiger partial charge is 0.264 e. The van der Waals surface area contributed by atoms with Gasteiger partial charge in [0.25, 0.3) is 5.91 Å². The Bertz CT molecular complexity index is 819. The van der Waals surface area contributed by atoms with E-state index in [-0.39, 0.29) is 5.91 Å². The van der Waals surface area contributed by atoms with Gasteiger partial charge in [-0.15, -0.1) is 0 Å². The van der Waals surface area contributed by atoms with Gasteiger partial charge in [-0.3, -0.25) is 9.78 Å². The minimum atomic E-state index is -0.183. The van der Waals surface area contributed by atoms with E-state index in [0.717, 1.165) is 5.56 Å². The molecule has 24 heavy (non-hydrogen) atoms. The predicted octanol–water partition coefficient (Wildman–Crippen LogP) is 2.99. The van der Waals surface area contributed by atoms with E-state index in [9.17, 15) is 4.79 Å². The van der Waals surface area contributed by atoms with E-state index in [1.165, 1.54) is 11.8 Å². The van der Waals surface area contributed by atoms with Crippen molar-refractivity contribution in [3.8, 4) is 11.5 Å². The Balaban J connectivity index is 1.84. The summed E-state index contributed by atoms with van der Waals surface area (Å²) in [5.74, 6) is 1.07. The third kappa shape index (κ3) is 3.57. The van der Waals surface area contributed by atoms with Gasteiger partial charge in [0.2, 0.25) is 0 Å². The highest BCUT2D eigenvalue weighted by Gasteiger charge is 2.23. The van der Waals surface area contributed by atoms with Gasteiger partial charge in [-0.1, -0.05) is 6.07 Å². The summed E-state index contributed by atoms with van der Waals surface area (Å²) in [7, 11) is 3.15. The third-order valence-corrected chi connectivity index (χ3v) is 4.14. The zero-order chi connectivity index (χ0) is 16.9. The fourth-order valence-electron chi connectivity index (χ4n) is 2.11. The standard InChI is InChI=1S/C17H15N3O3S/c1-22-13-6-5-11(8-14(13)23-2)9-15-16(21)20-17(24-15)19-12-4-3-7-18-10-12/h3-10H,1-2H3,(H,19,20,21)/b15-9+. The Labute approximate surface area is 143 Å². The van der Waals surface area contributed by atoms with Crippen molar-refractivity contribution >= 4 is 34.6 Å². The molecule has 1 aliphatic rings. The first-order valence-corrected chi connectivity index (χ1v) is 7.93. The van der Waals surface area contributed by atoms with Gasteiger partial charge in [0.15, 0.2) is 16.7 Å². The van der Waals surface area contributed by atoms with Crippen LogP contribution in [-0.4, -0.2) is 30.3 Å². The lowest BCUT2D eigenvalue weighted by Gasteiger charge is -2.07. The maximum absolute atomic E-state index is 12.1. The maximum Gasteiger partial charge on any atom is 0.264 e. The summed E-state index contributed by atoms with van der Waals surface area (Å²) in [4.78, 5) is 21.0. The first-order chi connectivity index (χ1) is 11.7. The first-order valence-electron chi connectivity index (χ1n) is 7.11. The minimum absolute atomic E-state index is 0.183. The Morgan fingerprint density at radius 2 is 2.04 bits per heavy atom. The number of aliphatic imine (C=N–C) groups is 1. The van der Waals surface area contributed by atoms with Crippen molar-refractivity contribution in [3.63, 3.8) is 0 Å². The maximum atomic E-state index is 12.1. The molecule has 0 spiro atoms. The number of rotatable bonds is 4. The average Bonchev–Trinajstić information content (AvgIpc) is 2.94. The molecule has 1 aromatic carbocycles. The molecule has 2 aromatic rings. The number of hydrogen-bond acceptors (Lipinski definition) is 6. The van der Waals surface area contributed by atoms with Gasteiger partial charge < -0.3 is 14.8 Å². The van der Waals surface area contributed by atoms with Crippen LogP contribution in [0.5, 0.6) is 11.5 Å². The molecule has 0 aliphatic carbocycles. The molecule has 2 heterocycles. The first kappa shape index (κ1) is 16.1. The van der Waals surface area contributed by atoms with E-state index in [1.807, 2.05) is 18.2 Å². The van der Waals surface area contributed by atoms with E-state index in [4.69, 9.17) is 9.47 Å². The molecule has 1 aliphatic heterocycles. The average molecular weight is 341 g/mol. The van der Waals surface area contributed by atoms with Gasteiger partial charge in [-0.25, -0.2) is 4.99 Å². The molecule has 0 atom stereocenters. The van der Waals surface area contributed by atoms with E-state index in [0.29, 0.717) is 27.3 Å². The number of amides is 1. The number of nitrogens with one attached hydrogen (secondary N) is 1. The molecule has 0 saturated carbocycles. The van der Waals surface area contributed by atoms with Gasteiger partial charge in [0, 0.05) is 6.20 Å². The highest BCUT2D eigenvalue weighted by molar-refractivity contribution is 8.18. The van der Waals surface area contributed by atoms with Crippen LogP contribution in [0.15, 0.2) is 52.6 Å². The number of pyridine rings is 1. The highest BCUT2D eigenvalue weighted by Crippen LogP contribution is 2.31. The van der Waals surface area contributed by atoms with Crippen molar-refractivity contribution in [2.24, 2.45) is 4.99 Å². The van der Waals surface area contributed by atoms with Crippen LogP contribution in [0.25, 0.3) is 6.08 Å². The molecule has 1 N–H and O–H groups in total. The molecule has 0 unspecified atom stereocenters. The van der Waals surface area contributed by atoms with Crippen LogP contribution in [0.3, 0.4) is 0 Å². The van der Waals surface area contributed by atoms with Crippen LogP contribution in [0.2, 0.25) is 0 Å². The van der Waals surface area contributed by atoms with E-state index in [1.54, 1.807) is 44.8 Å². The van der Waals surface area contributed by atoms with Crippen molar-refractivity contribution in [1.29, 1.82) is 0 Å². The molecule has 7 heteroatoms. The molecule has 3 rings (SSSR count). The fourth-order valence-corrected chi connectivity index (χ4v) is 2.95. The quantitative estimate of drug-likeness (QED) is 0.866. The third-order valence-electron chi connectivity index (χ3n) is 3.23. The fraction of sp³-hybridized carbons (Fsp3) is 0.118. The van der Waals surface area contributed by atoms with E-state index < -0.39 is 0 Å². The second-order valence-electron chi connectivity index (χ2n) is 4.81. The molecule has 6 nitrogen and oxygen atoms in total. The normalized spacial score (nSPS) is 17.2. The van der Waals surface area contributed by atoms with Gasteiger partial charge in [0.05, 0.1) is 31.0 Å². The van der Waals surface area contributed by atoms with Gasteiger partial charge in [-0.05, 0) is 47.7 Å². The minimum Gasteiger partial charge on any atom is -0.493 e. The van der Waals surface area contributed by atoms with Crippen LogP contribution < -0.4 is 14.8 Å². The molecule has 0 bridgehead atoms. The molecule has 1 aromatic heterocycles.